The quantitative estimate of drug-likeness (QED) is 0.284. The van der Waals surface area contributed by atoms with Gasteiger partial charge >= 0.3 is 0 Å². The molecular formula is C26H31ClF2N6O2. The van der Waals surface area contributed by atoms with Crippen LogP contribution in [0.5, 0.6) is 5.75 Å². The van der Waals surface area contributed by atoms with Crippen LogP contribution in [0.2, 0.25) is 5.02 Å². The standard InChI is InChI=1S/C26H31ClF2N6O2/c1-37-20-10-14-5-7-17(31-12-21(28)29)6-4-13(14)9-19(20)33-26-32-11-18(27)25(35-26)34-23-16-3-2-15(8-16)22(23)24(30)36/h2-3,9-11,15-17,21-23,31H,4-8,12H2,1H3,(H2,30,36)(H2,32,33,34,35)/t15-,16+,17?,22+,23-/m1/s1. The fourth-order valence-corrected chi connectivity index (χ4v) is 6.02. The van der Waals surface area contributed by atoms with E-state index in [4.69, 9.17) is 22.1 Å². The molecule has 2 bridgehead atoms. The Balaban J connectivity index is 1.34. The van der Waals surface area contributed by atoms with Gasteiger partial charge in [-0.25, -0.2) is 13.8 Å². The maximum Gasteiger partial charge on any atom is 0.250 e. The van der Waals surface area contributed by atoms with Crippen molar-refractivity contribution >= 4 is 35.0 Å². The lowest BCUT2D eigenvalue weighted by Crippen LogP contribution is -2.41. The van der Waals surface area contributed by atoms with Crippen molar-refractivity contribution in [3.8, 4) is 5.75 Å². The molecule has 37 heavy (non-hydrogen) atoms. The van der Waals surface area contributed by atoms with Crippen LogP contribution in [-0.2, 0) is 17.6 Å². The van der Waals surface area contributed by atoms with Gasteiger partial charge in [0.2, 0.25) is 11.9 Å². The van der Waals surface area contributed by atoms with E-state index >= 15 is 0 Å². The largest absolute Gasteiger partial charge is 0.495 e. The Morgan fingerprint density at radius 1 is 1.22 bits per heavy atom. The predicted molar refractivity (Wildman–Crippen MR) is 139 cm³/mol. The lowest BCUT2D eigenvalue weighted by Gasteiger charge is -2.27. The smallest absolute Gasteiger partial charge is 0.250 e. The average Bonchev–Trinajstić information content (AvgIpc) is 3.41. The van der Waals surface area contributed by atoms with E-state index < -0.39 is 6.43 Å². The van der Waals surface area contributed by atoms with Crippen LogP contribution >= 0.6 is 11.6 Å². The monoisotopic (exact) mass is 532 g/mol. The van der Waals surface area contributed by atoms with Gasteiger partial charge in [-0.05, 0) is 67.2 Å². The first-order valence-electron chi connectivity index (χ1n) is 12.6. The van der Waals surface area contributed by atoms with Gasteiger partial charge in [0.15, 0.2) is 5.82 Å². The van der Waals surface area contributed by atoms with E-state index in [1.54, 1.807) is 7.11 Å². The number of allylic oxidation sites excluding steroid dienone is 1. The Morgan fingerprint density at radius 2 is 1.95 bits per heavy atom. The minimum atomic E-state index is -2.36. The first-order chi connectivity index (χ1) is 17.8. The number of alkyl halides is 2. The van der Waals surface area contributed by atoms with E-state index in [1.165, 1.54) is 6.20 Å². The van der Waals surface area contributed by atoms with Crippen molar-refractivity contribution < 1.29 is 18.3 Å². The van der Waals surface area contributed by atoms with Gasteiger partial charge in [-0.3, -0.25) is 4.79 Å². The number of halogens is 3. The lowest BCUT2D eigenvalue weighted by atomic mass is 9.88. The van der Waals surface area contributed by atoms with Crippen LogP contribution in [0.25, 0.3) is 0 Å². The summed E-state index contributed by atoms with van der Waals surface area (Å²) in [5.41, 5.74) is 8.67. The number of hydrogen-bond acceptors (Lipinski definition) is 7. The number of nitrogens with zero attached hydrogens (tertiary/aromatic N) is 2. The highest BCUT2D eigenvalue weighted by Gasteiger charge is 2.47. The zero-order valence-electron chi connectivity index (χ0n) is 20.5. The number of aromatic nitrogens is 2. The molecule has 5 N–H and O–H groups in total. The number of hydrogen-bond donors (Lipinski definition) is 4. The van der Waals surface area contributed by atoms with E-state index in [0.29, 0.717) is 28.2 Å². The van der Waals surface area contributed by atoms with Gasteiger partial charge < -0.3 is 26.4 Å². The van der Waals surface area contributed by atoms with Gasteiger partial charge in [-0.2, -0.15) is 4.98 Å². The van der Waals surface area contributed by atoms with E-state index in [9.17, 15) is 13.6 Å². The minimum Gasteiger partial charge on any atom is -0.495 e. The second-order valence-corrected chi connectivity index (χ2v) is 10.4. The molecule has 1 aromatic heterocycles. The SMILES string of the molecule is COc1cc2c(cc1Nc1ncc(Cl)c(N[C@H]3[C@@H](C(N)=O)[C@@H]4C=C[C@H]3C4)n1)CCC(NCC(F)F)CC2. The number of amides is 1. The Bertz CT molecular complexity index is 1200. The van der Waals surface area contributed by atoms with E-state index in [1.807, 2.05) is 12.1 Å². The van der Waals surface area contributed by atoms with E-state index in [2.05, 4.69) is 38.1 Å². The van der Waals surface area contributed by atoms with Crippen molar-refractivity contribution in [2.45, 2.75) is 50.6 Å². The normalized spacial score (nSPS) is 26.1. The molecule has 1 amide bonds. The molecule has 8 nitrogen and oxygen atoms in total. The molecule has 5 atom stereocenters. The fourth-order valence-electron chi connectivity index (χ4n) is 5.88. The van der Waals surface area contributed by atoms with Crippen LogP contribution in [0.15, 0.2) is 30.5 Å². The number of fused-ring (bicyclic) bond motifs is 3. The van der Waals surface area contributed by atoms with Crippen molar-refractivity contribution in [1.82, 2.24) is 15.3 Å². The second-order valence-electron chi connectivity index (χ2n) is 9.96. The van der Waals surface area contributed by atoms with Crippen molar-refractivity contribution in [3.05, 3.63) is 46.6 Å². The molecule has 3 aliphatic rings. The molecule has 1 heterocycles. The van der Waals surface area contributed by atoms with Crippen molar-refractivity contribution in [3.63, 3.8) is 0 Å². The molecular weight excluding hydrogens is 502 g/mol. The number of rotatable bonds is 9. The summed E-state index contributed by atoms with van der Waals surface area (Å²) in [7, 11) is 1.60. The number of ether oxygens (including phenoxy) is 1. The Hall–Kier alpha value is -2.98. The minimum absolute atomic E-state index is 0.0435. The summed E-state index contributed by atoms with van der Waals surface area (Å²) in [4.78, 5) is 21.0. The molecule has 1 fully saturated rings. The van der Waals surface area contributed by atoms with Gasteiger partial charge in [0.05, 0.1) is 31.5 Å². The van der Waals surface area contributed by atoms with Gasteiger partial charge in [0.1, 0.15) is 10.8 Å². The van der Waals surface area contributed by atoms with Crippen LogP contribution in [0.3, 0.4) is 0 Å². The summed E-state index contributed by atoms with van der Waals surface area (Å²) in [6.07, 6.45) is 7.31. The number of benzene rings is 1. The first-order valence-corrected chi connectivity index (χ1v) is 12.9. The molecule has 1 saturated carbocycles. The fraction of sp³-hybridized carbons (Fsp3) is 0.500. The summed E-state index contributed by atoms with van der Waals surface area (Å²) in [6.45, 7) is -0.292. The van der Waals surface area contributed by atoms with Crippen LogP contribution in [0.1, 0.15) is 30.4 Å². The van der Waals surface area contributed by atoms with Crippen molar-refractivity contribution in [2.75, 3.05) is 24.3 Å². The Labute approximate surface area is 219 Å². The molecule has 5 rings (SSSR count). The number of nitrogens with two attached hydrogens (primary N) is 1. The molecule has 0 aliphatic heterocycles. The highest BCUT2D eigenvalue weighted by Crippen LogP contribution is 2.45. The highest BCUT2D eigenvalue weighted by atomic mass is 35.5. The molecule has 2 aromatic rings. The number of primary amides is 1. The highest BCUT2D eigenvalue weighted by molar-refractivity contribution is 6.32. The van der Waals surface area contributed by atoms with E-state index in [0.717, 1.165) is 43.2 Å². The summed E-state index contributed by atoms with van der Waals surface area (Å²) in [5, 5.41) is 9.90. The maximum atomic E-state index is 12.6. The third-order valence-corrected chi connectivity index (χ3v) is 7.97. The number of anilines is 3. The predicted octanol–water partition coefficient (Wildman–Crippen LogP) is 4.07. The van der Waals surface area contributed by atoms with Crippen LogP contribution < -0.4 is 26.4 Å². The Morgan fingerprint density at radius 3 is 2.65 bits per heavy atom. The Kier molecular flexibility index (Phi) is 7.48. The second kappa shape index (κ2) is 10.8. The summed E-state index contributed by atoms with van der Waals surface area (Å²) < 4.78 is 30.9. The average molecular weight is 533 g/mol. The molecule has 1 aromatic carbocycles. The zero-order valence-corrected chi connectivity index (χ0v) is 21.3. The molecule has 3 aliphatic carbocycles. The lowest BCUT2D eigenvalue weighted by molar-refractivity contribution is -0.122. The molecule has 0 radical (unpaired) electrons. The van der Waals surface area contributed by atoms with Gasteiger partial charge in [-0.15, -0.1) is 0 Å². The molecule has 198 valence electrons. The number of nitrogens with one attached hydrogen (secondary N) is 3. The van der Waals surface area contributed by atoms with Gasteiger partial charge in [0.25, 0.3) is 6.43 Å². The third-order valence-electron chi connectivity index (χ3n) is 7.69. The molecule has 11 heteroatoms. The zero-order chi connectivity index (χ0) is 26.1. The third kappa shape index (κ3) is 5.50. The van der Waals surface area contributed by atoms with Crippen LogP contribution in [0, 0.1) is 17.8 Å². The molecule has 1 unspecified atom stereocenters. The summed E-state index contributed by atoms with van der Waals surface area (Å²) in [6, 6.07) is 3.86. The van der Waals surface area contributed by atoms with Gasteiger partial charge in [-0.1, -0.05) is 23.8 Å². The number of methoxy groups -OCH3 is 1. The first kappa shape index (κ1) is 25.7. The topological polar surface area (TPSA) is 114 Å². The van der Waals surface area contributed by atoms with Crippen molar-refractivity contribution in [2.24, 2.45) is 23.5 Å². The maximum absolute atomic E-state index is 12.6. The van der Waals surface area contributed by atoms with E-state index in [-0.39, 0.29) is 42.3 Å². The van der Waals surface area contributed by atoms with Crippen LogP contribution in [0.4, 0.5) is 26.2 Å². The number of carbonyl (C=O) groups excluding carboxylic acids is 1. The summed E-state index contributed by atoms with van der Waals surface area (Å²) in [5.74, 6) is 1.06. The van der Waals surface area contributed by atoms with Crippen LogP contribution in [-0.4, -0.2) is 48.0 Å². The number of aryl methyl sites for hydroxylation is 2. The summed E-state index contributed by atoms with van der Waals surface area (Å²) >= 11 is 6.41. The van der Waals surface area contributed by atoms with Gasteiger partial charge in [0, 0.05) is 12.1 Å². The van der Waals surface area contributed by atoms with Crippen molar-refractivity contribution in [1.29, 1.82) is 0 Å². The molecule has 0 saturated heterocycles. The number of carbonyl (C=O) groups is 1. The molecule has 0 spiro atoms.